The molecule has 0 bridgehead atoms. The highest BCUT2D eigenvalue weighted by Gasteiger charge is 2.34. The quantitative estimate of drug-likeness (QED) is 0.712. The van der Waals surface area contributed by atoms with Crippen LogP contribution in [-0.2, 0) is 14.9 Å². The number of nitrogens with zero attached hydrogens (tertiary/aromatic N) is 6. The fourth-order valence-corrected chi connectivity index (χ4v) is 5.38. The van der Waals surface area contributed by atoms with Gasteiger partial charge in [-0.3, -0.25) is 0 Å². The van der Waals surface area contributed by atoms with E-state index in [0.29, 0.717) is 52.5 Å². The van der Waals surface area contributed by atoms with Gasteiger partial charge in [-0.15, -0.1) is 0 Å². The maximum absolute atomic E-state index is 12.7. The smallest absolute Gasteiger partial charge is 0.282 e. The summed E-state index contributed by atoms with van der Waals surface area (Å²) in [6, 6.07) is 2.00. The number of ether oxygens (including phenoxy) is 1. The van der Waals surface area contributed by atoms with Gasteiger partial charge < -0.3 is 14.5 Å². The van der Waals surface area contributed by atoms with Crippen molar-refractivity contribution in [1.29, 1.82) is 0 Å². The van der Waals surface area contributed by atoms with Gasteiger partial charge in [0.15, 0.2) is 0 Å². The molecule has 10 heteroatoms. The maximum atomic E-state index is 12.7. The van der Waals surface area contributed by atoms with Crippen LogP contribution in [0.1, 0.15) is 12.8 Å². The zero-order valence-corrected chi connectivity index (χ0v) is 15.8. The maximum Gasteiger partial charge on any atom is 0.282 e. The molecule has 4 rings (SSSR count). The topological polar surface area (TPSA) is 82.1 Å². The molecule has 4 heterocycles. The van der Waals surface area contributed by atoms with Crippen molar-refractivity contribution in [1.82, 2.24) is 18.6 Å². The van der Waals surface area contributed by atoms with Crippen molar-refractivity contribution in [3.63, 3.8) is 0 Å². The highest BCUT2D eigenvalue weighted by atomic mass is 32.2. The van der Waals surface area contributed by atoms with Gasteiger partial charge in [0.25, 0.3) is 10.2 Å². The summed E-state index contributed by atoms with van der Waals surface area (Å²) in [5.74, 6) is 1.77. The third-order valence-electron chi connectivity index (χ3n) is 5.25. The number of anilines is 2. The normalized spacial score (nSPS) is 23.5. The van der Waals surface area contributed by atoms with E-state index in [0.717, 1.165) is 37.6 Å². The monoisotopic (exact) mass is 382 g/mol. The van der Waals surface area contributed by atoms with Gasteiger partial charge in [-0.25, -0.2) is 9.97 Å². The summed E-state index contributed by atoms with van der Waals surface area (Å²) >= 11 is 0. The number of hydrogen-bond donors (Lipinski definition) is 0. The number of morpholine rings is 1. The summed E-state index contributed by atoms with van der Waals surface area (Å²) in [6.45, 7) is 6.68. The molecule has 3 fully saturated rings. The minimum Gasteiger partial charge on any atom is -0.378 e. The van der Waals surface area contributed by atoms with Crippen molar-refractivity contribution in [3.8, 4) is 0 Å². The Kier molecular flexibility index (Phi) is 5.25. The van der Waals surface area contributed by atoms with E-state index in [-0.39, 0.29) is 0 Å². The van der Waals surface area contributed by atoms with Crippen LogP contribution in [0, 0.1) is 0 Å². The first-order valence-electron chi connectivity index (χ1n) is 9.29. The lowest BCUT2D eigenvalue weighted by molar-refractivity contribution is 0.122. The molecule has 144 valence electrons. The second kappa shape index (κ2) is 7.63. The fraction of sp³-hybridized carbons (Fsp3) is 0.750. The zero-order valence-electron chi connectivity index (χ0n) is 15.0. The highest BCUT2D eigenvalue weighted by molar-refractivity contribution is 7.86. The van der Waals surface area contributed by atoms with Crippen LogP contribution < -0.4 is 9.80 Å². The Morgan fingerprint density at radius 3 is 1.92 bits per heavy atom. The van der Waals surface area contributed by atoms with Crippen LogP contribution in [0.15, 0.2) is 12.4 Å². The predicted octanol–water partition coefficient (Wildman–Crippen LogP) is -0.224. The summed E-state index contributed by atoms with van der Waals surface area (Å²) in [6.07, 6.45) is 3.52. The molecule has 0 saturated carbocycles. The molecule has 3 aliphatic heterocycles. The number of rotatable bonds is 4. The summed E-state index contributed by atoms with van der Waals surface area (Å²) in [5, 5.41) is 0. The van der Waals surface area contributed by atoms with Gasteiger partial charge in [0, 0.05) is 58.4 Å². The molecule has 0 radical (unpaired) electrons. The van der Waals surface area contributed by atoms with Crippen molar-refractivity contribution < 1.29 is 13.2 Å². The molecule has 1 aromatic heterocycles. The molecule has 3 aliphatic rings. The minimum absolute atomic E-state index is 0.496. The van der Waals surface area contributed by atoms with Crippen molar-refractivity contribution in [3.05, 3.63) is 12.4 Å². The molecular weight excluding hydrogens is 356 g/mol. The summed E-state index contributed by atoms with van der Waals surface area (Å²) in [7, 11) is -3.31. The Bertz CT molecular complexity index is 710. The third-order valence-corrected chi connectivity index (χ3v) is 7.29. The minimum atomic E-state index is -3.31. The van der Waals surface area contributed by atoms with Crippen LogP contribution in [0.4, 0.5) is 11.6 Å². The van der Waals surface area contributed by atoms with Crippen molar-refractivity contribution >= 4 is 21.8 Å². The van der Waals surface area contributed by atoms with Crippen molar-refractivity contribution in [2.75, 3.05) is 75.4 Å². The van der Waals surface area contributed by atoms with Gasteiger partial charge in [-0.05, 0) is 12.8 Å². The standard InChI is InChI=1S/C16H26N6O3S/c23-26(24,21-3-1-2-4-21)22-7-5-19(6-8-22)15-13-16(18-14-17-15)20-9-11-25-12-10-20/h13-14H,1-12H2. The third kappa shape index (κ3) is 3.64. The van der Waals surface area contributed by atoms with E-state index in [4.69, 9.17) is 4.74 Å². The second-order valence-corrected chi connectivity index (χ2v) is 8.76. The van der Waals surface area contributed by atoms with Crippen LogP contribution in [-0.4, -0.2) is 92.6 Å². The Morgan fingerprint density at radius 2 is 1.31 bits per heavy atom. The zero-order chi connectivity index (χ0) is 18.0. The van der Waals surface area contributed by atoms with Gasteiger partial charge in [-0.2, -0.15) is 17.0 Å². The van der Waals surface area contributed by atoms with E-state index in [1.165, 1.54) is 0 Å². The number of hydrogen-bond acceptors (Lipinski definition) is 7. The highest BCUT2D eigenvalue weighted by Crippen LogP contribution is 2.22. The lowest BCUT2D eigenvalue weighted by Crippen LogP contribution is -2.52. The van der Waals surface area contributed by atoms with Gasteiger partial charge in [0.1, 0.15) is 18.0 Å². The van der Waals surface area contributed by atoms with Gasteiger partial charge in [0.05, 0.1) is 13.2 Å². The predicted molar refractivity (Wildman–Crippen MR) is 98.6 cm³/mol. The molecule has 1 aromatic rings. The summed E-state index contributed by atoms with van der Waals surface area (Å²) in [5.41, 5.74) is 0. The number of aromatic nitrogens is 2. The Morgan fingerprint density at radius 1 is 0.769 bits per heavy atom. The number of piperazine rings is 1. The van der Waals surface area contributed by atoms with E-state index < -0.39 is 10.2 Å². The molecule has 0 N–H and O–H groups in total. The molecular formula is C16H26N6O3S. The van der Waals surface area contributed by atoms with Gasteiger partial charge in [-0.1, -0.05) is 0 Å². The van der Waals surface area contributed by atoms with Crippen LogP contribution in [0.5, 0.6) is 0 Å². The van der Waals surface area contributed by atoms with Crippen LogP contribution in [0.2, 0.25) is 0 Å². The molecule has 9 nitrogen and oxygen atoms in total. The van der Waals surface area contributed by atoms with Crippen LogP contribution >= 0.6 is 0 Å². The van der Waals surface area contributed by atoms with Gasteiger partial charge >= 0.3 is 0 Å². The van der Waals surface area contributed by atoms with E-state index in [9.17, 15) is 8.42 Å². The Labute approximate surface area is 154 Å². The van der Waals surface area contributed by atoms with Crippen molar-refractivity contribution in [2.45, 2.75) is 12.8 Å². The lowest BCUT2D eigenvalue weighted by atomic mass is 10.3. The molecule has 0 unspecified atom stereocenters. The molecule has 0 spiro atoms. The van der Waals surface area contributed by atoms with E-state index in [1.807, 2.05) is 6.07 Å². The Balaban J connectivity index is 1.40. The molecule has 26 heavy (non-hydrogen) atoms. The fourth-order valence-electron chi connectivity index (χ4n) is 3.71. The first kappa shape index (κ1) is 17.9. The average Bonchev–Trinajstić information content (AvgIpc) is 3.25. The van der Waals surface area contributed by atoms with Crippen LogP contribution in [0.25, 0.3) is 0 Å². The molecule has 0 amide bonds. The van der Waals surface area contributed by atoms with E-state index >= 15 is 0 Å². The van der Waals surface area contributed by atoms with Crippen molar-refractivity contribution in [2.24, 2.45) is 0 Å². The van der Waals surface area contributed by atoms with E-state index in [2.05, 4.69) is 19.8 Å². The van der Waals surface area contributed by atoms with E-state index in [1.54, 1.807) is 14.9 Å². The summed E-state index contributed by atoms with van der Waals surface area (Å²) < 4.78 is 34.0. The summed E-state index contributed by atoms with van der Waals surface area (Å²) in [4.78, 5) is 13.1. The molecule has 0 aromatic carbocycles. The van der Waals surface area contributed by atoms with Crippen LogP contribution in [0.3, 0.4) is 0 Å². The second-order valence-electron chi connectivity index (χ2n) is 6.83. The lowest BCUT2D eigenvalue weighted by Gasteiger charge is -2.36. The molecule has 3 saturated heterocycles. The Hall–Kier alpha value is -1.49. The SMILES string of the molecule is O=S(=O)(N1CCCC1)N1CCN(c2cc(N3CCOCC3)ncn2)CC1. The molecule has 0 atom stereocenters. The first-order valence-corrected chi connectivity index (χ1v) is 10.7. The first-order chi connectivity index (χ1) is 12.6. The van der Waals surface area contributed by atoms with Gasteiger partial charge in [0.2, 0.25) is 0 Å². The molecule has 0 aliphatic carbocycles. The average molecular weight is 382 g/mol. The largest absolute Gasteiger partial charge is 0.378 e.